The molecule has 1 spiro atoms. The van der Waals surface area contributed by atoms with Crippen LogP contribution in [0.3, 0.4) is 0 Å². The summed E-state index contributed by atoms with van der Waals surface area (Å²) in [5, 5.41) is 0. The Morgan fingerprint density at radius 3 is 2.72 bits per heavy atom. The molecule has 1 aromatic carbocycles. The Kier molecular flexibility index (Phi) is 4.08. The number of hydrogen-bond donors (Lipinski definition) is 1. The van der Waals surface area contributed by atoms with Gasteiger partial charge in [-0.3, -0.25) is 4.98 Å². The molecule has 1 fully saturated rings. The zero-order chi connectivity index (χ0) is 21.9. The van der Waals surface area contributed by atoms with Crippen molar-refractivity contribution in [1.29, 1.82) is 0 Å². The van der Waals surface area contributed by atoms with Crippen LogP contribution in [-0.2, 0) is 10.3 Å². The van der Waals surface area contributed by atoms with Gasteiger partial charge in [-0.25, -0.2) is 28.5 Å². The lowest BCUT2D eigenvalue weighted by Gasteiger charge is -2.35. The molecule has 1 aliphatic heterocycles. The maximum Gasteiger partial charge on any atom is 0.339 e. The topological polar surface area (TPSA) is 93.6 Å². The summed E-state index contributed by atoms with van der Waals surface area (Å²) >= 11 is 0. The van der Waals surface area contributed by atoms with Crippen molar-refractivity contribution in [1.82, 2.24) is 24.9 Å². The van der Waals surface area contributed by atoms with E-state index in [9.17, 15) is 13.6 Å². The molecule has 1 saturated carbocycles. The van der Waals surface area contributed by atoms with Crippen molar-refractivity contribution in [2.75, 3.05) is 0 Å². The molecule has 7 nitrogen and oxygen atoms in total. The maximum atomic E-state index is 14.1. The van der Waals surface area contributed by atoms with Crippen LogP contribution in [0.1, 0.15) is 53.3 Å². The number of aromatic nitrogens is 5. The number of imidazole rings is 1. The summed E-state index contributed by atoms with van der Waals surface area (Å²) in [7, 11) is 0. The first-order chi connectivity index (χ1) is 15.5. The third kappa shape index (κ3) is 2.88. The van der Waals surface area contributed by atoms with Crippen molar-refractivity contribution >= 4 is 17.1 Å². The molecule has 0 bridgehead atoms. The summed E-state index contributed by atoms with van der Waals surface area (Å²) in [6, 6.07) is 5.00. The number of hydrogen-bond acceptors (Lipinski definition) is 6. The molecule has 6 rings (SSSR count). The van der Waals surface area contributed by atoms with E-state index in [-0.39, 0.29) is 23.3 Å². The van der Waals surface area contributed by atoms with Crippen LogP contribution >= 0.6 is 0 Å². The average molecular weight is 433 g/mol. The Morgan fingerprint density at radius 2 is 1.91 bits per heavy atom. The SMILES string of the molecule is O=C1O[C@]2(CC[C@H](c3nc4nc(-c5ccc(F)cc5F)ncc4[nH]3)CC2)c2cnccc21. The lowest BCUT2D eigenvalue weighted by Crippen LogP contribution is -2.31. The Balaban J connectivity index is 1.26. The normalized spacial score (nSPS) is 22.3. The molecule has 4 aromatic rings. The molecule has 32 heavy (non-hydrogen) atoms. The molecule has 0 atom stereocenters. The van der Waals surface area contributed by atoms with Gasteiger partial charge in [-0.15, -0.1) is 0 Å². The summed E-state index contributed by atoms with van der Waals surface area (Å²) in [5.41, 5.74) is 2.04. The molecule has 0 amide bonds. The number of carbonyl (C=O) groups excluding carboxylic acids is 1. The second kappa shape index (κ2) is 6.88. The Bertz CT molecular complexity index is 1380. The van der Waals surface area contributed by atoms with Gasteiger partial charge in [0.05, 0.1) is 17.3 Å². The van der Waals surface area contributed by atoms with Crippen LogP contribution in [0.25, 0.3) is 22.6 Å². The number of benzene rings is 1. The number of halogens is 2. The second-order valence-electron chi connectivity index (χ2n) is 8.26. The van der Waals surface area contributed by atoms with Gasteiger partial charge in [0.25, 0.3) is 0 Å². The van der Waals surface area contributed by atoms with E-state index in [1.807, 2.05) is 0 Å². The van der Waals surface area contributed by atoms with Gasteiger partial charge in [0.15, 0.2) is 11.5 Å². The van der Waals surface area contributed by atoms with Gasteiger partial charge in [0.2, 0.25) is 0 Å². The van der Waals surface area contributed by atoms with Crippen LogP contribution in [0.15, 0.2) is 42.9 Å². The Labute approximate surface area is 180 Å². The van der Waals surface area contributed by atoms with Crippen molar-refractivity contribution < 1.29 is 18.3 Å². The molecule has 160 valence electrons. The Hall–Kier alpha value is -3.75. The quantitative estimate of drug-likeness (QED) is 0.471. The van der Waals surface area contributed by atoms with E-state index in [0.717, 1.165) is 30.3 Å². The lowest BCUT2D eigenvalue weighted by molar-refractivity contribution is -0.0313. The molecule has 0 radical (unpaired) electrons. The molecular weight excluding hydrogens is 416 g/mol. The number of esters is 1. The van der Waals surface area contributed by atoms with Crippen LogP contribution in [0.4, 0.5) is 8.78 Å². The third-order valence-electron chi connectivity index (χ3n) is 6.43. The highest BCUT2D eigenvalue weighted by Gasteiger charge is 2.48. The fraction of sp³-hybridized carbons (Fsp3) is 0.261. The standard InChI is InChI=1S/C23H17F2N5O2/c24-13-1-2-15(17(25)9-13)20-27-11-18-21(30-20)29-19(28-18)12-3-6-23(7-4-12)16-10-26-8-5-14(16)22(31)32-23/h1-2,5,8-12H,3-4,6-7H2,(H,27,28,29,30)/t12-,23-. The van der Waals surface area contributed by atoms with Gasteiger partial charge in [0, 0.05) is 29.9 Å². The number of aromatic amines is 1. The summed E-state index contributed by atoms with van der Waals surface area (Å²) in [6.07, 6.45) is 7.79. The van der Waals surface area contributed by atoms with Crippen LogP contribution in [-0.4, -0.2) is 30.9 Å². The van der Waals surface area contributed by atoms with Gasteiger partial charge in [-0.1, -0.05) is 0 Å². The Morgan fingerprint density at radius 1 is 1.06 bits per heavy atom. The van der Waals surface area contributed by atoms with Crippen molar-refractivity contribution in [2.24, 2.45) is 0 Å². The number of rotatable bonds is 2. The van der Waals surface area contributed by atoms with Gasteiger partial charge in [-0.05, 0) is 43.9 Å². The molecule has 2 aliphatic rings. The molecular formula is C23H17F2N5O2. The number of pyridine rings is 1. The number of ether oxygens (including phenoxy) is 1. The second-order valence-corrected chi connectivity index (χ2v) is 8.26. The van der Waals surface area contributed by atoms with Gasteiger partial charge in [-0.2, -0.15) is 0 Å². The highest BCUT2D eigenvalue weighted by molar-refractivity contribution is 5.94. The highest BCUT2D eigenvalue weighted by atomic mass is 19.1. The van der Waals surface area contributed by atoms with Crippen LogP contribution in [0.2, 0.25) is 0 Å². The van der Waals surface area contributed by atoms with Crippen LogP contribution < -0.4 is 0 Å². The van der Waals surface area contributed by atoms with Crippen molar-refractivity contribution in [3.8, 4) is 11.4 Å². The minimum absolute atomic E-state index is 0.118. The molecule has 0 saturated heterocycles. The summed E-state index contributed by atoms with van der Waals surface area (Å²) in [5.74, 6) is -0.607. The lowest BCUT2D eigenvalue weighted by atomic mass is 9.75. The largest absolute Gasteiger partial charge is 0.450 e. The van der Waals surface area contributed by atoms with E-state index in [2.05, 4.69) is 24.9 Å². The fourth-order valence-electron chi connectivity index (χ4n) is 4.77. The fourth-order valence-corrected chi connectivity index (χ4v) is 4.77. The van der Waals surface area contributed by atoms with Gasteiger partial charge < -0.3 is 9.72 Å². The van der Waals surface area contributed by atoms with Gasteiger partial charge >= 0.3 is 5.97 Å². The first kappa shape index (κ1) is 19.0. The third-order valence-corrected chi connectivity index (χ3v) is 6.43. The van der Waals surface area contributed by atoms with E-state index in [1.54, 1.807) is 24.7 Å². The molecule has 9 heteroatoms. The summed E-state index contributed by atoms with van der Waals surface area (Å²) in [4.78, 5) is 32.9. The number of fused-ring (bicyclic) bond motifs is 3. The molecule has 1 N–H and O–H groups in total. The highest BCUT2D eigenvalue weighted by Crippen LogP contribution is 2.49. The molecule has 0 unspecified atom stereocenters. The first-order valence-electron chi connectivity index (χ1n) is 10.4. The van der Waals surface area contributed by atoms with E-state index >= 15 is 0 Å². The predicted molar refractivity (Wildman–Crippen MR) is 110 cm³/mol. The number of H-pyrrole nitrogens is 1. The van der Waals surface area contributed by atoms with Crippen LogP contribution in [0, 0.1) is 11.6 Å². The van der Waals surface area contributed by atoms with E-state index in [4.69, 9.17) is 4.74 Å². The van der Waals surface area contributed by atoms with Crippen molar-refractivity contribution in [3.05, 3.63) is 71.4 Å². The van der Waals surface area contributed by atoms with Crippen molar-refractivity contribution in [3.63, 3.8) is 0 Å². The number of nitrogens with one attached hydrogen (secondary N) is 1. The van der Waals surface area contributed by atoms with Gasteiger partial charge in [0.1, 0.15) is 28.6 Å². The summed E-state index contributed by atoms with van der Waals surface area (Å²) < 4.78 is 33.1. The van der Waals surface area contributed by atoms with E-state index in [0.29, 0.717) is 29.6 Å². The molecule has 4 heterocycles. The van der Waals surface area contributed by atoms with E-state index < -0.39 is 17.2 Å². The zero-order valence-electron chi connectivity index (χ0n) is 16.8. The predicted octanol–water partition coefficient (Wildman–Crippen LogP) is 4.42. The number of nitrogens with zero attached hydrogens (tertiary/aromatic N) is 4. The van der Waals surface area contributed by atoms with E-state index in [1.165, 1.54) is 12.1 Å². The molecule has 1 aliphatic carbocycles. The van der Waals surface area contributed by atoms with Crippen LogP contribution in [0.5, 0.6) is 0 Å². The minimum Gasteiger partial charge on any atom is -0.450 e. The smallest absolute Gasteiger partial charge is 0.339 e. The molecule has 3 aromatic heterocycles. The minimum atomic E-state index is -0.724. The zero-order valence-corrected chi connectivity index (χ0v) is 16.8. The summed E-state index contributed by atoms with van der Waals surface area (Å²) in [6.45, 7) is 0. The number of carbonyl (C=O) groups is 1. The monoisotopic (exact) mass is 433 g/mol. The maximum absolute atomic E-state index is 14.1. The first-order valence-corrected chi connectivity index (χ1v) is 10.4. The average Bonchev–Trinajstić information content (AvgIpc) is 3.33. The van der Waals surface area contributed by atoms with Crippen molar-refractivity contribution in [2.45, 2.75) is 37.2 Å².